The molecule has 0 bridgehead atoms. The van der Waals surface area contributed by atoms with Gasteiger partial charge in [0.05, 0.1) is 25.1 Å². The van der Waals surface area contributed by atoms with Gasteiger partial charge >= 0.3 is 0 Å². The first-order valence-electron chi connectivity index (χ1n) is 8.67. The van der Waals surface area contributed by atoms with E-state index in [1.165, 1.54) is 5.56 Å². The molecule has 2 fully saturated rings. The minimum Gasteiger partial charge on any atom is -0.373 e. The molecule has 2 aromatic heterocycles. The third-order valence-electron chi connectivity index (χ3n) is 5.15. The zero-order valence-electron chi connectivity index (χ0n) is 13.9. The van der Waals surface area contributed by atoms with Gasteiger partial charge in [0.25, 0.3) is 0 Å². The van der Waals surface area contributed by atoms with E-state index >= 15 is 0 Å². The highest BCUT2D eigenvalue weighted by molar-refractivity contribution is 5.82. The van der Waals surface area contributed by atoms with Crippen LogP contribution in [0.3, 0.4) is 0 Å². The van der Waals surface area contributed by atoms with Crippen LogP contribution in [0.2, 0.25) is 0 Å². The van der Waals surface area contributed by atoms with Crippen LogP contribution in [0.15, 0.2) is 43.0 Å². The average molecular weight is 336 g/mol. The first-order valence-corrected chi connectivity index (χ1v) is 8.67. The molecule has 2 atom stereocenters. The summed E-state index contributed by atoms with van der Waals surface area (Å²) >= 11 is 0. The maximum absolute atomic E-state index is 6.06. The third kappa shape index (κ3) is 2.65. The number of imidazole rings is 1. The Morgan fingerprint density at radius 2 is 2.04 bits per heavy atom. The van der Waals surface area contributed by atoms with Crippen LogP contribution in [-0.2, 0) is 11.3 Å². The van der Waals surface area contributed by atoms with Gasteiger partial charge in [0, 0.05) is 26.2 Å². The van der Waals surface area contributed by atoms with Gasteiger partial charge in [-0.15, -0.1) is 0 Å². The molecule has 0 aliphatic carbocycles. The van der Waals surface area contributed by atoms with Gasteiger partial charge in [-0.2, -0.15) is 0 Å². The molecule has 0 amide bonds. The van der Waals surface area contributed by atoms with E-state index in [0.717, 1.165) is 44.1 Å². The summed E-state index contributed by atoms with van der Waals surface area (Å²) in [5.41, 5.74) is 2.96. The first-order chi connectivity index (χ1) is 12.4. The Bertz CT molecular complexity index is 866. The lowest BCUT2D eigenvalue weighted by Crippen LogP contribution is -2.50. The molecular weight excluding hydrogens is 316 g/mol. The van der Waals surface area contributed by atoms with Gasteiger partial charge < -0.3 is 14.6 Å². The summed E-state index contributed by atoms with van der Waals surface area (Å²) in [7, 11) is 0. The number of ether oxygens (including phenoxy) is 1. The zero-order valence-corrected chi connectivity index (χ0v) is 13.9. The maximum atomic E-state index is 6.06. The highest BCUT2D eigenvalue weighted by Gasteiger charge is 2.41. The molecule has 2 saturated heterocycles. The van der Waals surface area contributed by atoms with Crippen molar-refractivity contribution in [2.75, 3.05) is 31.1 Å². The first kappa shape index (κ1) is 14.8. The fourth-order valence-corrected chi connectivity index (χ4v) is 3.94. The van der Waals surface area contributed by atoms with Gasteiger partial charge in [-0.1, -0.05) is 30.3 Å². The standard InChI is InChI=1S/C18H20N6O/c1-2-4-13(5-3-1)8-23-6-7-25-15-10-24(9-14(15)23)18-16-17(20-11-19-16)21-12-22-18/h1-5,11-12,14-15H,6-10H2,(H,19,20,21,22)/t14-,15-/m1/s1. The van der Waals surface area contributed by atoms with Gasteiger partial charge in [-0.05, 0) is 5.56 Å². The molecule has 1 aromatic carbocycles. The Morgan fingerprint density at radius 1 is 1.12 bits per heavy atom. The van der Waals surface area contributed by atoms with Crippen LogP contribution in [0.5, 0.6) is 0 Å². The van der Waals surface area contributed by atoms with E-state index in [1.807, 2.05) is 0 Å². The molecule has 1 N–H and O–H groups in total. The Kier molecular flexibility index (Phi) is 3.61. The number of hydrogen-bond acceptors (Lipinski definition) is 6. The van der Waals surface area contributed by atoms with E-state index in [4.69, 9.17) is 4.74 Å². The number of nitrogens with zero attached hydrogens (tertiary/aromatic N) is 5. The molecule has 0 spiro atoms. The van der Waals surface area contributed by atoms with E-state index in [0.29, 0.717) is 11.7 Å². The SMILES string of the molecule is c1ccc(CN2CCO[C@@H]3CN(c4ncnc5nc[nH]c45)C[C@H]32)cc1. The van der Waals surface area contributed by atoms with Crippen LogP contribution < -0.4 is 4.90 Å². The number of rotatable bonds is 3. The predicted molar refractivity (Wildman–Crippen MR) is 94.3 cm³/mol. The average Bonchev–Trinajstić information content (AvgIpc) is 3.29. The summed E-state index contributed by atoms with van der Waals surface area (Å²) < 4.78 is 6.06. The van der Waals surface area contributed by atoms with Gasteiger partial charge in [-0.25, -0.2) is 15.0 Å². The summed E-state index contributed by atoms with van der Waals surface area (Å²) in [6, 6.07) is 11.0. The number of morpholine rings is 1. The van der Waals surface area contributed by atoms with Crippen LogP contribution in [0.1, 0.15) is 5.56 Å². The van der Waals surface area contributed by atoms with Crippen molar-refractivity contribution in [3.05, 3.63) is 48.5 Å². The topological polar surface area (TPSA) is 70.2 Å². The van der Waals surface area contributed by atoms with E-state index in [2.05, 4.69) is 60.1 Å². The quantitative estimate of drug-likeness (QED) is 0.780. The van der Waals surface area contributed by atoms with Crippen molar-refractivity contribution in [3.63, 3.8) is 0 Å². The summed E-state index contributed by atoms with van der Waals surface area (Å²) in [6.07, 6.45) is 3.47. The maximum Gasteiger partial charge on any atom is 0.182 e. The molecule has 2 aliphatic heterocycles. The Morgan fingerprint density at radius 3 is 2.96 bits per heavy atom. The molecule has 0 unspecified atom stereocenters. The summed E-state index contributed by atoms with van der Waals surface area (Å²) in [5.74, 6) is 0.917. The second-order valence-electron chi connectivity index (χ2n) is 6.64. The predicted octanol–water partition coefficient (Wildman–Crippen LogP) is 1.44. The normalized spacial score (nSPS) is 23.9. The van der Waals surface area contributed by atoms with Gasteiger partial charge in [0.1, 0.15) is 11.8 Å². The molecule has 7 nitrogen and oxygen atoms in total. The van der Waals surface area contributed by atoms with E-state index in [9.17, 15) is 0 Å². The van der Waals surface area contributed by atoms with Crippen LogP contribution in [-0.4, -0.2) is 63.2 Å². The van der Waals surface area contributed by atoms with Gasteiger partial charge in [-0.3, -0.25) is 4.90 Å². The number of fused-ring (bicyclic) bond motifs is 2. The van der Waals surface area contributed by atoms with E-state index in [1.54, 1.807) is 12.7 Å². The molecule has 4 heterocycles. The minimum atomic E-state index is 0.213. The van der Waals surface area contributed by atoms with Crippen molar-refractivity contribution >= 4 is 17.0 Å². The van der Waals surface area contributed by atoms with Gasteiger partial charge in [0.15, 0.2) is 11.5 Å². The number of H-pyrrole nitrogens is 1. The fraction of sp³-hybridized carbons (Fsp3) is 0.389. The second-order valence-corrected chi connectivity index (χ2v) is 6.64. The van der Waals surface area contributed by atoms with Crippen LogP contribution in [0.25, 0.3) is 11.2 Å². The summed E-state index contributed by atoms with van der Waals surface area (Å²) in [5, 5.41) is 0. The number of benzene rings is 1. The molecular formula is C18H20N6O. The molecule has 5 rings (SSSR count). The monoisotopic (exact) mass is 336 g/mol. The van der Waals surface area contributed by atoms with Crippen molar-refractivity contribution < 1.29 is 4.74 Å². The van der Waals surface area contributed by atoms with Crippen molar-refractivity contribution in [2.24, 2.45) is 0 Å². The number of anilines is 1. The lowest BCUT2D eigenvalue weighted by Gasteiger charge is -2.36. The fourth-order valence-electron chi connectivity index (χ4n) is 3.94. The van der Waals surface area contributed by atoms with Crippen molar-refractivity contribution in [2.45, 2.75) is 18.7 Å². The van der Waals surface area contributed by atoms with Crippen LogP contribution in [0, 0.1) is 0 Å². The second kappa shape index (κ2) is 6.09. The lowest BCUT2D eigenvalue weighted by atomic mass is 10.1. The van der Waals surface area contributed by atoms with Crippen molar-refractivity contribution in [1.82, 2.24) is 24.8 Å². The van der Waals surface area contributed by atoms with Gasteiger partial charge in [0.2, 0.25) is 0 Å². The summed E-state index contributed by atoms with van der Waals surface area (Å²) in [4.78, 5) is 20.9. The van der Waals surface area contributed by atoms with E-state index < -0.39 is 0 Å². The number of aromatic amines is 1. The molecule has 3 aromatic rings. The molecule has 25 heavy (non-hydrogen) atoms. The highest BCUT2D eigenvalue weighted by atomic mass is 16.5. The molecule has 128 valence electrons. The molecule has 0 radical (unpaired) electrons. The lowest BCUT2D eigenvalue weighted by molar-refractivity contribution is -0.0499. The number of nitrogens with one attached hydrogen (secondary N) is 1. The number of aromatic nitrogens is 4. The summed E-state index contributed by atoms with van der Waals surface area (Å²) in [6.45, 7) is 4.46. The van der Waals surface area contributed by atoms with E-state index in [-0.39, 0.29) is 6.10 Å². The Balaban J connectivity index is 1.39. The smallest absolute Gasteiger partial charge is 0.182 e. The Labute approximate surface area is 145 Å². The minimum absolute atomic E-state index is 0.213. The van der Waals surface area contributed by atoms with Crippen molar-refractivity contribution in [3.8, 4) is 0 Å². The number of hydrogen-bond donors (Lipinski definition) is 1. The van der Waals surface area contributed by atoms with Crippen LogP contribution in [0.4, 0.5) is 5.82 Å². The third-order valence-corrected chi connectivity index (χ3v) is 5.15. The highest BCUT2D eigenvalue weighted by Crippen LogP contribution is 2.29. The zero-order chi connectivity index (χ0) is 16.6. The van der Waals surface area contributed by atoms with Crippen LogP contribution >= 0.6 is 0 Å². The molecule has 0 saturated carbocycles. The van der Waals surface area contributed by atoms with Crippen molar-refractivity contribution in [1.29, 1.82) is 0 Å². The molecule has 7 heteroatoms. The largest absolute Gasteiger partial charge is 0.373 e. The Hall–Kier alpha value is -2.51. The molecule has 2 aliphatic rings.